The molecule has 3 aromatic carbocycles. The van der Waals surface area contributed by atoms with Gasteiger partial charge in [-0.05, 0) is 73.0 Å². The van der Waals surface area contributed by atoms with Gasteiger partial charge >= 0.3 is 0 Å². The lowest BCUT2D eigenvalue weighted by molar-refractivity contribution is -0.134. The van der Waals surface area contributed by atoms with Gasteiger partial charge in [-0.15, -0.1) is 0 Å². The molecule has 2 heterocycles. The fourth-order valence-corrected chi connectivity index (χ4v) is 5.16. The van der Waals surface area contributed by atoms with Gasteiger partial charge in [0, 0.05) is 29.9 Å². The molecule has 8 nitrogen and oxygen atoms in total. The molecule has 3 aromatic rings. The number of ether oxygens (including phenoxy) is 2. The van der Waals surface area contributed by atoms with Gasteiger partial charge in [-0.3, -0.25) is 14.4 Å². The van der Waals surface area contributed by atoms with Gasteiger partial charge in [0.15, 0.2) is 0 Å². The number of likely N-dealkylation sites (N-methyl/N-ethyl adjacent to an activating group) is 1. The number of halogens is 2. The molecule has 0 aromatic heterocycles. The quantitative estimate of drug-likeness (QED) is 0.447. The first-order chi connectivity index (χ1) is 19.3. The normalized spacial score (nSPS) is 20.3. The maximum atomic E-state index is 13.5. The Morgan fingerprint density at radius 3 is 2.65 bits per heavy atom. The van der Waals surface area contributed by atoms with Gasteiger partial charge in [0.1, 0.15) is 24.3 Å². The van der Waals surface area contributed by atoms with Gasteiger partial charge in [0.05, 0.1) is 24.1 Å². The number of rotatable bonds is 6. The molecule has 2 aliphatic rings. The summed E-state index contributed by atoms with van der Waals surface area (Å²) >= 11 is 5.91. The van der Waals surface area contributed by atoms with Crippen LogP contribution in [-0.4, -0.2) is 54.5 Å². The molecule has 0 radical (unpaired) electrons. The lowest BCUT2D eigenvalue weighted by atomic mass is 9.94. The Kier molecular flexibility index (Phi) is 8.32. The SMILES string of the molecule is CN1C(=O)c2cc(NC(=O)c3ccc(Cl)cc3)ccc2OC[C@H]2O[C@@H](CC(=O)NCc3cccc(F)c3)CC[C@@H]21. The van der Waals surface area contributed by atoms with Crippen LogP contribution in [0.15, 0.2) is 66.7 Å². The van der Waals surface area contributed by atoms with Crippen LogP contribution in [0.5, 0.6) is 5.75 Å². The van der Waals surface area contributed by atoms with Crippen molar-refractivity contribution in [2.75, 3.05) is 19.0 Å². The standard InChI is InChI=1S/C30H29ClFN3O5/c1-35-25-11-10-23(15-28(36)33-16-18-3-2-4-21(32)13-18)40-27(25)17-39-26-12-9-22(14-24(26)30(35)38)34-29(37)19-5-7-20(31)8-6-19/h2-9,12-14,23,25,27H,10-11,15-17H2,1H3,(H,33,36)(H,34,37)/t23-,25+,27-/m1/s1. The van der Waals surface area contributed by atoms with Crippen molar-refractivity contribution in [2.45, 2.75) is 44.1 Å². The third kappa shape index (κ3) is 6.43. The number of fused-ring (bicyclic) bond motifs is 2. The van der Waals surface area contributed by atoms with E-state index in [0.29, 0.717) is 46.0 Å². The van der Waals surface area contributed by atoms with Crippen LogP contribution >= 0.6 is 11.6 Å². The molecule has 10 heteroatoms. The van der Waals surface area contributed by atoms with Crippen molar-refractivity contribution >= 4 is 35.0 Å². The number of anilines is 1. The van der Waals surface area contributed by atoms with Crippen LogP contribution < -0.4 is 15.4 Å². The van der Waals surface area contributed by atoms with E-state index >= 15 is 0 Å². The summed E-state index contributed by atoms with van der Waals surface area (Å²) in [6, 6.07) is 17.3. The van der Waals surface area contributed by atoms with Crippen molar-refractivity contribution < 1.29 is 28.2 Å². The van der Waals surface area contributed by atoms with E-state index in [0.717, 1.165) is 0 Å². The number of nitrogens with one attached hydrogen (secondary N) is 2. The van der Waals surface area contributed by atoms with Gasteiger partial charge in [0.25, 0.3) is 11.8 Å². The van der Waals surface area contributed by atoms with E-state index in [4.69, 9.17) is 21.1 Å². The third-order valence-electron chi connectivity index (χ3n) is 7.17. The fourth-order valence-electron chi connectivity index (χ4n) is 5.04. The number of hydrogen-bond acceptors (Lipinski definition) is 5. The number of benzene rings is 3. The first-order valence-corrected chi connectivity index (χ1v) is 13.4. The summed E-state index contributed by atoms with van der Waals surface area (Å²) in [5, 5.41) is 6.16. The van der Waals surface area contributed by atoms with E-state index in [9.17, 15) is 18.8 Å². The molecule has 0 saturated carbocycles. The molecule has 1 fully saturated rings. The van der Waals surface area contributed by atoms with Crippen molar-refractivity contribution in [3.05, 3.63) is 94.3 Å². The molecule has 0 bridgehead atoms. The van der Waals surface area contributed by atoms with Gasteiger partial charge in [-0.25, -0.2) is 4.39 Å². The molecule has 0 spiro atoms. The summed E-state index contributed by atoms with van der Waals surface area (Å²) < 4.78 is 25.6. The number of amides is 3. The molecule has 1 saturated heterocycles. The van der Waals surface area contributed by atoms with E-state index in [-0.39, 0.29) is 55.3 Å². The number of carbonyl (C=O) groups excluding carboxylic acids is 3. The van der Waals surface area contributed by atoms with Gasteiger partial charge < -0.3 is 25.0 Å². The van der Waals surface area contributed by atoms with Crippen molar-refractivity contribution in [1.82, 2.24) is 10.2 Å². The monoisotopic (exact) mass is 565 g/mol. The maximum Gasteiger partial charge on any atom is 0.257 e. The van der Waals surface area contributed by atoms with Crippen LogP contribution in [0.2, 0.25) is 5.02 Å². The molecular formula is C30H29ClFN3O5. The Morgan fingerprint density at radius 2 is 1.88 bits per heavy atom. The third-order valence-corrected chi connectivity index (χ3v) is 7.42. The Balaban J connectivity index is 1.21. The highest BCUT2D eigenvalue weighted by Crippen LogP contribution is 2.32. The smallest absolute Gasteiger partial charge is 0.257 e. The number of hydrogen-bond donors (Lipinski definition) is 2. The summed E-state index contributed by atoms with van der Waals surface area (Å²) in [7, 11) is 1.73. The van der Waals surface area contributed by atoms with Crippen molar-refractivity contribution in [1.29, 1.82) is 0 Å². The lowest BCUT2D eigenvalue weighted by Gasteiger charge is -2.42. The van der Waals surface area contributed by atoms with E-state index in [1.807, 2.05) is 0 Å². The van der Waals surface area contributed by atoms with Crippen LogP contribution in [0.25, 0.3) is 0 Å². The Morgan fingerprint density at radius 1 is 1.07 bits per heavy atom. The Labute approximate surface area is 236 Å². The van der Waals surface area contributed by atoms with Gasteiger partial charge in [-0.1, -0.05) is 23.7 Å². The predicted molar refractivity (Wildman–Crippen MR) is 148 cm³/mol. The van der Waals surface area contributed by atoms with Gasteiger partial charge in [0.2, 0.25) is 5.91 Å². The second-order valence-electron chi connectivity index (χ2n) is 9.95. The highest BCUT2D eigenvalue weighted by Gasteiger charge is 2.39. The van der Waals surface area contributed by atoms with E-state index < -0.39 is 6.10 Å². The first kappa shape index (κ1) is 27.6. The number of nitrogens with zero attached hydrogens (tertiary/aromatic N) is 1. The first-order valence-electron chi connectivity index (χ1n) is 13.0. The van der Waals surface area contributed by atoms with Crippen LogP contribution in [0.1, 0.15) is 45.5 Å². The zero-order valence-electron chi connectivity index (χ0n) is 21.9. The average Bonchev–Trinajstić information content (AvgIpc) is 2.94. The number of carbonyl (C=O) groups is 3. The summed E-state index contributed by atoms with van der Waals surface area (Å²) in [5.74, 6) is -0.726. The van der Waals surface area contributed by atoms with E-state index in [2.05, 4.69) is 10.6 Å². The van der Waals surface area contributed by atoms with Crippen molar-refractivity contribution in [3.8, 4) is 5.75 Å². The molecular weight excluding hydrogens is 537 g/mol. The Hall–Kier alpha value is -3.95. The van der Waals surface area contributed by atoms with E-state index in [1.54, 1.807) is 66.5 Å². The molecule has 0 aliphatic carbocycles. The van der Waals surface area contributed by atoms with Crippen LogP contribution in [-0.2, 0) is 16.1 Å². The average molecular weight is 566 g/mol. The molecule has 40 heavy (non-hydrogen) atoms. The summed E-state index contributed by atoms with van der Waals surface area (Å²) in [6.07, 6.45) is 0.645. The lowest BCUT2D eigenvalue weighted by Crippen LogP contribution is -2.53. The topological polar surface area (TPSA) is 97.0 Å². The van der Waals surface area contributed by atoms with Crippen LogP contribution in [0.4, 0.5) is 10.1 Å². The summed E-state index contributed by atoms with van der Waals surface area (Å²) in [5.41, 5.74) is 1.92. The maximum absolute atomic E-state index is 13.5. The molecule has 208 valence electrons. The van der Waals surface area contributed by atoms with Gasteiger partial charge in [-0.2, -0.15) is 0 Å². The minimum Gasteiger partial charge on any atom is -0.490 e. The second-order valence-corrected chi connectivity index (χ2v) is 10.4. The predicted octanol–water partition coefficient (Wildman–Crippen LogP) is 4.82. The zero-order chi connectivity index (χ0) is 28.2. The second kappa shape index (κ2) is 12.1. The molecule has 3 amide bonds. The van der Waals surface area contributed by atoms with Crippen molar-refractivity contribution in [2.24, 2.45) is 0 Å². The minimum absolute atomic E-state index is 0.156. The van der Waals surface area contributed by atoms with Crippen LogP contribution in [0.3, 0.4) is 0 Å². The van der Waals surface area contributed by atoms with Crippen LogP contribution in [0, 0.1) is 5.82 Å². The summed E-state index contributed by atoms with van der Waals surface area (Å²) in [4.78, 5) is 40.3. The molecule has 2 N–H and O–H groups in total. The minimum atomic E-state index is -0.416. The highest BCUT2D eigenvalue weighted by molar-refractivity contribution is 6.30. The zero-order valence-corrected chi connectivity index (χ0v) is 22.6. The Bertz CT molecular complexity index is 1420. The molecule has 3 atom stereocenters. The summed E-state index contributed by atoms with van der Waals surface area (Å²) in [6.45, 7) is 0.432. The largest absolute Gasteiger partial charge is 0.490 e. The highest BCUT2D eigenvalue weighted by atomic mass is 35.5. The molecule has 0 unspecified atom stereocenters. The molecule has 5 rings (SSSR count). The van der Waals surface area contributed by atoms with E-state index in [1.165, 1.54) is 12.1 Å². The molecule has 2 aliphatic heterocycles. The fraction of sp³-hybridized carbons (Fsp3) is 0.300. The van der Waals surface area contributed by atoms with Crippen molar-refractivity contribution in [3.63, 3.8) is 0 Å².